The summed E-state index contributed by atoms with van der Waals surface area (Å²) in [6.45, 7) is 0. The van der Waals surface area contributed by atoms with Gasteiger partial charge >= 0.3 is 0 Å². The van der Waals surface area contributed by atoms with E-state index in [-0.39, 0.29) is 5.56 Å². The molecule has 0 bridgehead atoms. The van der Waals surface area contributed by atoms with E-state index in [2.05, 4.69) is 17.2 Å². The molecule has 152 valence electrons. The summed E-state index contributed by atoms with van der Waals surface area (Å²) in [6, 6.07) is 6.65. The molecule has 1 nitrogen and oxygen atoms in total. The standard InChI is InChI=1S/C23H21F4NS/c24-19-18(20(25)22(27)23(21(19)26)28-12-29)17-9-7-16(8-10-17)15-5-3-14(4-6-15)11-13-1-2-13/h7-10,13-15H,1-6,11H2. The Morgan fingerprint density at radius 2 is 1.31 bits per heavy atom. The third-order valence-corrected chi connectivity index (χ3v) is 6.37. The Kier molecular flexibility index (Phi) is 5.84. The first-order valence-corrected chi connectivity index (χ1v) is 10.4. The van der Waals surface area contributed by atoms with Gasteiger partial charge in [-0.25, -0.2) is 17.6 Å². The Labute approximate surface area is 172 Å². The number of halogens is 4. The smallest absolute Gasteiger partial charge is 0.189 e. The third kappa shape index (κ3) is 4.15. The highest BCUT2D eigenvalue weighted by Gasteiger charge is 2.29. The molecule has 0 heterocycles. The zero-order valence-corrected chi connectivity index (χ0v) is 16.7. The Hall–Kier alpha value is -2.04. The maximum atomic E-state index is 14.4. The molecule has 29 heavy (non-hydrogen) atoms. The molecule has 0 spiro atoms. The minimum atomic E-state index is -1.57. The summed E-state index contributed by atoms with van der Waals surface area (Å²) in [5.41, 5.74) is -0.648. The minimum Gasteiger partial charge on any atom is -0.203 e. The van der Waals surface area contributed by atoms with Crippen LogP contribution in [-0.4, -0.2) is 5.16 Å². The predicted molar refractivity (Wildman–Crippen MR) is 108 cm³/mol. The highest BCUT2D eigenvalue weighted by atomic mass is 32.1. The average molecular weight is 419 g/mol. The van der Waals surface area contributed by atoms with Crippen LogP contribution in [0.25, 0.3) is 11.1 Å². The lowest BCUT2D eigenvalue weighted by atomic mass is 9.77. The summed E-state index contributed by atoms with van der Waals surface area (Å²) in [4.78, 5) is 3.10. The second-order valence-corrected chi connectivity index (χ2v) is 8.38. The van der Waals surface area contributed by atoms with Gasteiger partial charge in [0.1, 0.15) is 0 Å². The van der Waals surface area contributed by atoms with Gasteiger partial charge < -0.3 is 0 Å². The first-order chi connectivity index (χ1) is 14.0. The van der Waals surface area contributed by atoms with Crippen molar-refractivity contribution in [1.82, 2.24) is 0 Å². The molecule has 0 aliphatic heterocycles. The number of hydrogen-bond acceptors (Lipinski definition) is 2. The number of benzene rings is 2. The van der Waals surface area contributed by atoms with Crippen molar-refractivity contribution in [1.29, 1.82) is 0 Å². The van der Waals surface area contributed by atoms with E-state index >= 15 is 0 Å². The van der Waals surface area contributed by atoms with Crippen LogP contribution in [0.5, 0.6) is 0 Å². The van der Waals surface area contributed by atoms with Crippen molar-refractivity contribution in [2.75, 3.05) is 0 Å². The van der Waals surface area contributed by atoms with Gasteiger partial charge in [-0.2, -0.15) is 4.99 Å². The maximum absolute atomic E-state index is 14.4. The lowest BCUT2D eigenvalue weighted by molar-refractivity contribution is 0.299. The SMILES string of the molecule is Fc1c(F)c(-c2ccc(C3CCC(CC4CC4)CC3)cc2)c(F)c(F)c1N=C=S. The van der Waals surface area contributed by atoms with E-state index < -0.39 is 34.5 Å². The Balaban J connectivity index is 1.54. The average Bonchev–Trinajstić information content (AvgIpc) is 3.55. The van der Waals surface area contributed by atoms with Crippen LogP contribution in [0.1, 0.15) is 56.4 Å². The Morgan fingerprint density at radius 1 is 0.793 bits per heavy atom. The molecule has 0 unspecified atom stereocenters. The number of rotatable bonds is 5. The van der Waals surface area contributed by atoms with E-state index in [1.54, 1.807) is 17.3 Å². The molecule has 2 saturated carbocycles. The molecule has 2 fully saturated rings. The van der Waals surface area contributed by atoms with Crippen molar-refractivity contribution in [3.05, 3.63) is 53.1 Å². The van der Waals surface area contributed by atoms with Gasteiger partial charge in [-0.15, -0.1) is 0 Å². The summed E-state index contributed by atoms with van der Waals surface area (Å²) < 4.78 is 57.1. The fraction of sp³-hybridized carbons (Fsp3) is 0.435. The molecule has 2 aromatic carbocycles. The lowest BCUT2D eigenvalue weighted by Crippen LogP contribution is -2.13. The van der Waals surface area contributed by atoms with Gasteiger partial charge in [-0.05, 0) is 73.2 Å². The molecule has 0 amide bonds. The van der Waals surface area contributed by atoms with Gasteiger partial charge in [0.25, 0.3) is 0 Å². The molecular weight excluding hydrogens is 398 g/mol. The maximum Gasteiger partial charge on any atom is 0.189 e. The molecule has 2 aliphatic carbocycles. The summed E-state index contributed by atoms with van der Waals surface area (Å²) in [5, 5.41) is 1.73. The van der Waals surface area contributed by atoms with Crippen molar-refractivity contribution >= 4 is 23.1 Å². The van der Waals surface area contributed by atoms with Crippen LogP contribution in [0, 0.1) is 35.1 Å². The summed E-state index contributed by atoms with van der Waals surface area (Å²) in [7, 11) is 0. The first kappa shape index (κ1) is 20.2. The third-order valence-electron chi connectivity index (χ3n) is 6.28. The quantitative estimate of drug-likeness (QED) is 0.209. The van der Waals surface area contributed by atoms with Crippen molar-refractivity contribution in [2.45, 2.75) is 50.9 Å². The fourth-order valence-corrected chi connectivity index (χ4v) is 4.59. The molecule has 2 aromatic rings. The summed E-state index contributed by atoms with van der Waals surface area (Å²) in [5.74, 6) is -3.93. The van der Waals surface area contributed by atoms with Crippen LogP contribution in [0.4, 0.5) is 23.2 Å². The molecular formula is C23H21F4NS. The molecule has 0 radical (unpaired) electrons. The molecule has 0 atom stereocenters. The molecule has 6 heteroatoms. The Morgan fingerprint density at radius 3 is 1.79 bits per heavy atom. The van der Waals surface area contributed by atoms with Gasteiger partial charge in [0.2, 0.25) is 0 Å². The van der Waals surface area contributed by atoms with Crippen LogP contribution in [0.3, 0.4) is 0 Å². The lowest BCUT2D eigenvalue weighted by Gasteiger charge is -2.29. The van der Waals surface area contributed by atoms with Crippen molar-refractivity contribution in [3.63, 3.8) is 0 Å². The van der Waals surface area contributed by atoms with Crippen molar-refractivity contribution < 1.29 is 17.6 Å². The highest BCUT2D eigenvalue weighted by molar-refractivity contribution is 7.78. The number of hydrogen-bond donors (Lipinski definition) is 0. The van der Waals surface area contributed by atoms with Crippen molar-refractivity contribution in [2.24, 2.45) is 16.8 Å². The van der Waals surface area contributed by atoms with Crippen LogP contribution in [-0.2, 0) is 0 Å². The zero-order valence-electron chi connectivity index (χ0n) is 15.9. The van der Waals surface area contributed by atoms with E-state index in [1.165, 1.54) is 44.2 Å². The van der Waals surface area contributed by atoms with Crippen LogP contribution in [0.2, 0.25) is 0 Å². The molecule has 0 N–H and O–H groups in total. The van der Waals surface area contributed by atoms with Gasteiger partial charge in [0.15, 0.2) is 29.0 Å². The van der Waals surface area contributed by atoms with Crippen LogP contribution in [0.15, 0.2) is 29.3 Å². The number of nitrogens with zero attached hydrogens (tertiary/aromatic N) is 1. The van der Waals surface area contributed by atoms with Gasteiger partial charge in [0, 0.05) is 0 Å². The summed E-state index contributed by atoms with van der Waals surface area (Å²) in [6.07, 6.45) is 8.75. The molecule has 2 aliphatic rings. The van der Waals surface area contributed by atoms with Gasteiger partial charge in [-0.1, -0.05) is 37.1 Å². The second kappa shape index (κ2) is 8.37. The monoisotopic (exact) mass is 419 g/mol. The van der Waals surface area contributed by atoms with E-state index in [4.69, 9.17) is 0 Å². The fourth-order valence-electron chi connectivity index (χ4n) is 4.50. The van der Waals surface area contributed by atoms with E-state index in [1.807, 2.05) is 0 Å². The largest absolute Gasteiger partial charge is 0.203 e. The zero-order chi connectivity index (χ0) is 20.5. The van der Waals surface area contributed by atoms with E-state index in [0.717, 1.165) is 30.2 Å². The van der Waals surface area contributed by atoms with E-state index in [0.29, 0.717) is 5.92 Å². The normalized spacial score (nSPS) is 21.7. The molecule has 4 rings (SSSR count). The van der Waals surface area contributed by atoms with E-state index in [9.17, 15) is 17.6 Å². The topological polar surface area (TPSA) is 12.4 Å². The number of aliphatic imine (C=N–C) groups is 1. The molecule has 0 aromatic heterocycles. The highest BCUT2D eigenvalue weighted by Crippen LogP contribution is 2.43. The number of isothiocyanates is 1. The van der Waals surface area contributed by atoms with Crippen LogP contribution < -0.4 is 0 Å². The predicted octanol–water partition coefficient (Wildman–Crippen LogP) is 7.72. The minimum absolute atomic E-state index is 0.0850. The Bertz CT molecular complexity index is 925. The van der Waals surface area contributed by atoms with Gasteiger partial charge in [0.05, 0.1) is 10.7 Å². The van der Waals surface area contributed by atoms with Crippen molar-refractivity contribution in [3.8, 4) is 11.1 Å². The summed E-state index contributed by atoms with van der Waals surface area (Å²) >= 11 is 4.28. The molecule has 0 saturated heterocycles. The first-order valence-electron chi connectivity index (χ1n) is 10.0. The van der Waals surface area contributed by atoms with Gasteiger partial charge in [-0.3, -0.25) is 0 Å². The number of thiocarbonyl (C=S) groups is 1. The second-order valence-electron chi connectivity index (χ2n) is 8.20. The van der Waals surface area contributed by atoms with Crippen LogP contribution >= 0.6 is 12.2 Å².